The second kappa shape index (κ2) is 7.10. The van der Waals surface area contributed by atoms with E-state index in [-0.39, 0.29) is 0 Å². The summed E-state index contributed by atoms with van der Waals surface area (Å²) in [6, 6.07) is 10.3. The Morgan fingerprint density at radius 2 is 1.75 bits per heavy atom. The molecule has 0 bridgehead atoms. The van der Waals surface area contributed by atoms with E-state index in [2.05, 4.69) is 32.9 Å². The molecule has 0 aliphatic carbocycles. The van der Waals surface area contributed by atoms with Gasteiger partial charge >= 0.3 is 0 Å². The monoisotopic (exact) mass is 218 g/mol. The van der Waals surface area contributed by atoms with Crippen molar-refractivity contribution in [2.24, 2.45) is 0 Å². The van der Waals surface area contributed by atoms with Gasteiger partial charge in [-0.1, -0.05) is 50.1 Å². The summed E-state index contributed by atoms with van der Waals surface area (Å²) in [7, 11) is 0. The number of hydrogen-bond donors (Lipinski definition) is 0. The van der Waals surface area contributed by atoms with Gasteiger partial charge in [0.25, 0.3) is 0 Å². The van der Waals surface area contributed by atoms with E-state index in [1.807, 2.05) is 18.2 Å². The van der Waals surface area contributed by atoms with Crippen LogP contribution < -0.4 is 0 Å². The predicted molar refractivity (Wildman–Crippen MR) is 70.2 cm³/mol. The summed E-state index contributed by atoms with van der Waals surface area (Å²) >= 11 is 0. The summed E-state index contributed by atoms with van der Waals surface area (Å²) in [6.45, 7) is 7.23. The molecular weight excluding hydrogens is 196 g/mol. The van der Waals surface area contributed by atoms with Crippen molar-refractivity contribution in [2.75, 3.05) is 6.61 Å². The van der Waals surface area contributed by atoms with Gasteiger partial charge in [0.2, 0.25) is 0 Å². The Labute approximate surface area is 99.1 Å². The van der Waals surface area contributed by atoms with Crippen LogP contribution >= 0.6 is 0 Å². The van der Waals surface area contributed by atoms with Gasteiger partial charge in [0.1, 0.15) is 5.76 Å². The molecule has 0 N–H and O–H groups in total. The zero-order chi connectivity index (χ0) is 11.8. The van der Waals surface area contributed by atoms with Crippen LogP contribution in [0.5, 0.6) is 0 Å². The minimum Gasteiger partial charge on any atom is -0.493 e. The molecule has 0 atom stereocenters. The molecule has 1 nitrogen and oxygen atoms in total. The SMILES string of the molecule is CCCCCOC(=C(C)C)c1ccccc1. The molecule has 0 saturated heterocycles. The van der Waals surface area contributed by atoms with Crippen LogP contribution in [-0.2, 0) is 4.74 Å². The molecule has 0 aliphatic rings. The fraction of sp³-hybridized carbons (Fsp3) is 0.467. The molecule has 0 radical (unpaired) electrons. The number of ether oxygens (including phenoxy) is 1. The first-order chi connectivity index (χ1) is 7.75. The molecule has 1 aromatic rings. The molecule has 0 fully saturated rings. The van der Waals surface area contributed by atoms with E-state index < -0.39 is 0 Å². The lowest BCUT2D eigenvalue weighted by atomic mass is 10.1. The van der Waals surface area contributed by atoms with Gasteiger partial charge in [-0.2, -0.15) is 0 Å². The highest BCUT2D eigenvalue weighted by Gasteiger charge is 2.03. The van der Waals surface area contributed by atoms with E-state index in [4.69, 9.17) is 4.74 Å². The van der Waals surface area contributed by atoms with Crippen molar-refractivity contribution in [1.82, 2.24) is 0 Å². The maximum atomic E-state index is 5.87. The van der Waals surface area contributed by atoms with Crippen molar-refractivity contribution in [3.05, 3.63) is 41.5 Å². The van der Waals surface area contributed by atoms with Crippen LogP contribution in [-0.4, -0.2) is 6.61 Å². The molecule has 1 heteroatoms. The number of rotatable bonds is 6. The highest BCUT2D eigenvalue weighted by molar-refractivity contribution is 5.62. The third kappa shape index (κ3) is 4.09. The fourth-order valence-electron chi connectivity index (χ4n) is 1.63. The smallest absolute Gasteiger partial charge is 0.125 e. The summed E-state index contributed by atoms with van der Waals surface area (Å²) in [5, 5.41) is 0. The van der Waals surface area contributed by atoms with Crippen molar-refractivity contribution in [3.8, 4) is 0 Å². The second-order valence-corrected chi connectivity index (χ2v) is 4.25. The van der Waals surface area contributed by atoms with Crippen molar-refractivity contribution in [1.29, 1.82) is 0 Å². The van der Waals surface area contributed by atoms with Gasteiger partial charge in [-0.05, 0) is 25.8 Å². The molecule has 0 heterocycles. The Hall–Kier alpha value is -1.24. The molecule has 0 spiro atoms. The van der Waals surface area contributed by atoms with Crippen LogP contribution in [0.25, 0.3) is 5.76 Å². The van der Waals surface area contributed by atoms with E-state index in [1.54, 1.807) is 0 Å². The van der Waals surface area contributed by atoms with Crippen LogP contribution in [0.3, 0.4) is 0 Å². The van der Waals surface area contributed by atoms with Crippen molar-refractivity contribution < 1.29 is 4.74 Å². The lowest BCUT2D eigenvalue weighted by molar-refractivity contribution is 0.265. The van der Waals surface area contributed by atoms with E-state index in [9.17, 15) is 0 Å². The maximum absolute atomic E-state index is 5.87. The average molecular weight is 218 g/mol. The summed E-state index contributed by atoms with van der Waals surface area (Å²) < 4.78 is 5.87. The second-order valence-electron chi connectivity index (χ2n) is 4.25. The highest BCUT2D eigenvalue weighted by Crippen LogP contribution is 2.20. The summed E-state index contributed by atoms with van der Waals surface area (Å²) in [5.41, 5.74) is 2.42. The van der Waals surface area contributed by atoms with Crippen LogP contribution in [0.4, 0.5) is 0 Å². The molecule has 88 valence electrons. The van der Waals surface area contributed by atoms with Crippen LogP contribution in [0, 0.1) is 0 Å². The van der Waals surface area contributed by atoms with Gasteiger partial charge in [0.15, 0.2) is 0 Å². The lowest BCUT2D eigenvalue weighted by Crippen LogP contribution is -1.96. The van der Waals surface area contributed by atoms with Gasteiger partial charge in [0, 0.05) is 5.56 Å². The summed E-state index contributed by atoms with van der Waals surface area (Å²) in [5.74, 6) is 1.04. The number of allylic oxidation sites excluding steroid dienone is 1. The normalized spacial score (nSPS) is 9.94. The molecule has 0 amide bonds. The molecule has 0 unspecified atom stereocenters. The Morgan fingerprint density at radius 3 is 2.31 bits per heavy atom. The first kappa shape index (κ1) is 12.8. The van der Waals surface area contributed by atoms with Crippen LogP contribution in [0.1, 0.15) is 45.6 Å². The molecule has 0 saturated carbocycles. The average Bonchev–Trinajstić information content (AvgIpc) is 2.30. The summed E-state index contributed by atoms with van der Waals surface area (Å²) in [4.78, 5) is 0. The minimum absolute atomic E-state index is 0.823. The number of benzene rings is 1. The van der Waals surface area contributed by atoms with Gasteiger partial charge in [-0.15, -0.1) is 0 Å². The van der Waals surface area contributed by atoms with Crippen LogP contribution in [0.2, 0.25) is 0 Å². The Balaban J connectivity index is 2.61. The largest absolute Gasteiger partial charge is 0.493 e. The number of unbranched alkanes of at least 4 members (excludes halogenated alkanes) is 2. The lowest BCUT2D eigenvalue weighted by Gasteiger charge is -2.12. The Kier molecular flexibility index (Phi) is 5.69. The third-order valence-corrected chi connectivity index (χ3v) is 2.48. The van der Waals surface area contributed by atoms with Gasteiger partial charge in [-0.3, -0.25) is 0 Å². The molecule has 1 aromatic carbocycles. The standard InChI is InChI=1S/C15H22O/c1-4-5-9-12-16-15(13(2)3)14-10-7-6-8-11-14/h6-8,10-11H,4-5,9,12H2,1-3H3. The zero-order valence-electron chi connectivity index (χ0n) is 10.6. The van der Waals surface area contributed by atoms with E-state index in [0.717, 1.165) is 18.8 Å². The third-order valence-electron chi connectivity index (χ3n) is 2.48. The van der Waals surface area contributed by atoms with Gasteiger partial charge in [0.05, 0.1) is 6.61 Å². The van der Waals surface area contributed by atoms with Gasteiger partial charge < -0.3 is 4.74 Å². The maximum Gasteiger partial charge on any atom is 0.125 e. The Morgan fingerprint density at radius 1 is 1.06 bits per heavy atom. The van der Waals surface area contributed by atoms with Crippen molar-refractivity contribution >= 4 is 5.76 Å². The molecule has 0 aromatic heterocycles. The molecule has 0 aliphatic heterocycles. The van der Waals surface area contributed by atoms with E-state index >= 15 is 0 Å². The fourth-order valence-corrected chi connectivity index (χ4v) is 1.63. The minimum atomic E-state index is 0.823. The van der Waals surface area contributed by atoms with Crippen molar-refractivity contribution in [3.63, 3.8) is 0 Å². The Bertz CT molecular complexity index is 321. The van der Waals surface area contributed by atoms with E-state index in [1.165, 1.54) is 24.0 Å². The van der Waals surface area contributed by atoms with Gasteiger partial charge in [-0.25, -0.2) is 0 Å². The van der Waals surface area contributed by atoms with E-state index in [0.29, 0.717) is 0 Å². The highest BCUT2D eigenvalue weighted by atomic mass is 16.5. The first-order valence-corrected chi connectivity index (χ1v) is 6.11. The topological polar surface area (TPSA) is 9.23 Å². The summed E-state index contributed by atoms with van der Waals surface area (Å²) in [6.07, 6.45) is 3.61. The molecule has 1 rings (SSSR count). The van der Waals surface area contributed by atoms with Crippen LogP contribution in [0.15, 0.2) is 35.9 Å². The first-order valence-electron chi connectivity index (χ1n) is 6.11. The number of hydrogen-bond acceptors (Lipinski definition) is 1. The molecular formula is C15H22O. The quantitative estimate of drug-likeness (QED) is 0.499. The predicted octanol–water partition coefficient (Wildman–Crippen LogP) is 4.64. The zero-order valence-corrected chi connectivity index (χ0v) is 10.6. The molecule has 16 heavy (non-hydrogen) atoms. The van der Waals surface area contributed by atoms with Crippen molar-refractivity contribution in [2.45, 2.75) is 40.0 Å².